The lowest BCUT2D eigenvalue weighted by atomic mass is 9.33. The van der Waals surface area contributed by atoms with Gasteiger partial charge in [-0.05, 0) is 159 Å². The first kappa shape index (κ1) is 31.7. The number of anilines is 6. The molecule has 0 bridgehead atoms. The van der Waals surface area contributed by atoms with Gasteiger partial charge in [-0.15, -0.1) is 0 Å². The van der Waals surface area contributed by atoms with Crippen molar-refractivity contribution in [2.24, 2.45) is 0 Å². The van der Waals surface area contributed by atoms with Crippen LogP contribution in [-0.4, -0.2) is 6.71 Å². The van der Waals surface area contributed by atoms with Crippen LogP contribution in [0.1, 0.15) is 44.5 Å². The Morgan fingerprint density at radius 2 is 0.857 bits per heavy atom. The van der Waals surface area contributed by atoms with Gasteiger partial charge in [-0.3, -0.25) is 0 Å². The lowest BCUT2D eigenvalue weighted by Gasteiger charge is -2.44. The van der Waals surface area contributed by atoms with E-state index in [0.717, 1.165) is 0 Å². The average molecular weight is 715 g/mol. The maximum atomic E-state index is 2.56. The zero-order chi connectivity index (χ0) is 37.4. The van der Waals surface area contributed by atoms with Gasteiger partial charge in [0, 0.05) is 34.1 Å². The van der Waals surface area contributed by atoms with Crippen LogP contribution in [0.5, 0.6) is 0 Å². The van der Waals surface area contributed by atoms with E-state index in [4.69, 9.17) is 0 Å². The number of fused-ring (bicyclic) bond motifs is 14. The van der Waals surface area contributed by atoms with Crippen LogP contribution in [0, 0.1) is 27.7 Å². The molecule has 264 valence electrons. The van der Waals surface area contributed by atoms with E-state index in [0.29, 0.717) is 0 Å². The fraction of sp³-hybridized carbons (Fsp3) is 0.0943. The van der Waals surface area contributed by atoms with Crippen molar-refractivity contribution in [3.05, 3.63) is 208 Å². The topological polar surface area (TPSA) is 6.48 Å². The van der Waals surface area contributed by atoms with Crippen LogP contribution in [0.2, 0.25) is 0 Å². The van der Waals surface area contributed by atoms with Gasteiger partial charge in [-0.25, -0.2) is 0 Å². The van der Waals surface area contributed by atoms with E-state index in [1.165, 1.54) is 117 Å². The normalized spacial score (nSPS) is 14.5. The molecule has 56 heavy (non-hydrogen) atoms. The molecular formula is C53H39BN2. The van der Waals surface area contributed by atoms with Gasteiger partial charge in [0.25, 0.3) is 6.71 Å². The third-order valence-electron chi connectivity index (χ3n) is 13.0. The Hall–Kier alpha value is -6.58. The minimum atomic E-state index is -0.362. The number of nitrogens with zero attached hydrogens (tertiary/aromatic N) is 2. The molecule has 8 aromatic rings. The monoisotopic (exact) mass is 714 g/mol. The van der Waals surface area contributed by atoms with E-state index in [1.807, 2.05) is 0 Å². The molecular weight excluding hydrogens is 675 g/mol. The van der Waals surface area contributed by atoms with E-state index in [2.05, 4.69) is 201 Å². The van der Waals surface area contributed by atoms with Crippen molar-refractivity contribution in [2.75, 3.05) is 9.80 Å². The molecule has 2 aliphatic carbocycles. The van der Waals surface area contributed by atoms with Gasteiger partial charge in [0.05, 0.1) is 5.41 Å². The zero-order valence-electron chi connectivity index (χ0n) is 32.1. The number of hydrogen-bond donors (Lipinski definition) is 0. The summed E-state index contributed by atoms with van der Waals surface area (Å²) in [6, 6.07) is 62.6. The molecule has 0 saturated carbocycles. The van der Waals surface area contributed by atoms with Crippen molar-refractivity contribution in [3.63, 3.8) is 0 Å². The summed E-state index contributed by atoms with van der Waals surface area (Å²) in [4.78, 5) is 5.09. The van der Waals surface area contributed by atoms with E-state index in [1.54, 1.807) is 0 Å². The Morgan fingerprint density at radius 1 is 0.357 bits per heavy atom. The summed E-state index contributed by atoms with van der Waals surface area (Å²) in [6.07, 6.45) is 0. The van der Waals surface area contributed by atoms with Crippen LogP contribution in [0.4, 0.5) is 34.1 Å². The van der Waals surface area contributed by atoms with Gasteiger partial charge in [0.15, 0.2) is 0 Å². The predicted molar refractivity (Wildman–Crippen MR) is 236 cm³/mol. The van der Waals surface area contributed by atoms with E-state index < -0.39 is 0 Å². The second-order valence-electron chi connectivity index (χ2n) is 16.4. The van der Waals surface area contributed by atoms with Crippen LogP contribution in [0.3, 0.4) is 0 Å². The van der Waals surface area contributed by atoms with Gasteiger partial charge in [0.2, 0.25) is 0 Å². The molecule has 0 atom stereocenters. The molecule has 0 saturated heterocycles. The largest absolute Gasteiger partial charge is 0.311 e. The first-order chi connectivity index (χ1) is 27.4. The van der Waals surface area contributed by atoms with E-state index in [9.17, 15) is 0 Å². The minimum Gasteiger partial charge on any atom is -0.311 e. The molecule has 0 unspecified atom stereocenters. The standard InChI is InChI=1S/C53H39BN2/c1-32-21-24-47-49(28-32)56(37-26-33(2)25-34(3)27-37)51-30-35(4)29-50-52(51)54(47)46-19-11-12-20-48(46)55(50)36-22-23-45-41(31-36)40-15-7-10-18-44(40)53(45)42-16-8-5-13-38(42)39-14-6-9-17-43(39)53/h5-31H,1-4H3. The van der Waals surface area contributed by atoms with Crippen molar-refractivity contribution in [3.8, 4) is 22.3 Å². The number of para-hydroxylation sites is 1. The number of hydrogen-bond acceptors (Lipinski definition) is 2. The van der Waals surface area contributed by atoms with Crippen molar-refractivity contribution < 1.29 is 0 Å². The molecule has 2 heterocycles. The molecule has 0 amide bonds. The summed E-state index contributed by atoms with van der Waals surface area (Å²) < 4.78 is 0. The summed E-state index contributed by atoms with van der Waals surface area (Å²) >= 11 is 0. The maximum Gasteiger partial charge on any atom is 0.252 e. The summed E-state index contributed by atoms with van der Waals surface area (Å²) in [6.45, 7) is 9.00. The maximum absolute atomic E-state index is 2.56. The summed E-state index contributed by atoms with van der Waals surface area (Å²) in [5, 5.41) is 0. The average Bonchev–Trinajstić information content (AvgIpc) is 3.67. The number of benzene rings is 8. The molecule has 8 aromatic carbocycles. The Morgan fingerprint density at radius 3 is 1.52 bits per heavy atom. The molecule has 12 rings (SSSR count). The third-order valence-corrected chi connectivity index (χ3v) is 13.0. The molecule has 3 heteroatoms. The minimum absolute atomic E-state index is 0.107. The van der Waals surface area contributed by atoms with Crippen LogP contribution in [-0.2, 0) is 5.41 Å². The Bertz CT molecular complexity index is 2940. The van der Waals surface area contributed by atoms with Crippen molar-refractivity contribution in [1.29, 1.82) is 0 Å². The van der Waals surface area contributed by atoms with Gasteiger partial charge >= 0.3 is 0 Å². The van der Waals surface area contributed by atoms with Crippen LogP contribution in [0.15, 0.2) is 164 Å². The fourth-order valence-corrected chi connectivity index (χ4v) is 11.1. The highest BCUT2D eigenvalue weighted by molar-refractivity contribution is 7.00. The van der Waals surface area contributed by atoms with Crippen molar-refractivity contribution in [1.82, 2.24) is 0 Å². The second-order valence-corrected chi connectivity index (χ2v) is 16.4. The molecule has 2 aliphatic heterocycles. The Balaban J connectivity index is 1.13. The lowest BCUT2D eigenvalue weighted by molar-refractivity contribution is 0.794. The predicted octanol–water partition coefficient (Wildman–Crippen LogP) is 11.3. The first-order valence-electron chi connectivity index (χ1n) is 19.9. The molecule has 2 nitrogen and oxygen atoms in total. The number of rotatable bonds is 2. The van der Waals surface area contributed by atoms with Crippen molar-refractivity contribution in [2.45, 2.75) is 33.1 Å². The third kappa shape index (κ3) is 4.02. The van der Waals surface area contributed by atoms with E-state index >= 15 is 0 Å². The molecule has 4 aliphatic rings. The van der Waals surface area contributed by atoms with Crippen LogP contribution < -0.4 is 26.2 Å². The Kier molecular flexibility index (Phi) is 6.37. The molecule has 0 aromatic heterocycles. The molecule has 0 N–H and O–H groups in total. The highest BCUT2D eigenvalue weighted by atomic mass is 15.2. The second kappa shape index (κ2) is 11.2. The van der Waals surface area contributed by atoms with E-state index in [-0.39, 0.29) is 12.1 Å². The fourth-order valence-electron chi connectivity index (χ4n) is 11.1. The lowest BCUT2D eigenvalue weighted by Crippen LogP contribution is -2.61. The highest BCUT2D eigenvalue weighted by Gasteiger charge is 2.52. The number of aryl methyl sites for hydroxylation is 4. The summed E-state index contributed by atoms with van der Waals surface area (Å²) in [5.41, 5.74) is 26.9. The quantitative estimate of drug-likeness (QED) is 0.165. The Labute approximate surface area is 329 Å². The van der Waals surface area contributed by atoms with Gasteiger partial charge in [0.1, 0.15) is 0 Å². The van der Waals surface area contributed by atoms with Gasteiger partial charge in [-0.1, -0.05) is 115 Å². The molecule has 0 radical (unpaired) electrons. The van der Waals surface area contributed by atoms with Crippen LogP contribution >= 0.6 is 0 Å². The SMILES string of the molecule is Cc1cc(C)cc(N2c3cc(C)ccc3B3c4ccccc4N(c4ccc5c(c4)-c4ccccc4C54c5ccccc5-c5ccccc54)c4cc(C)cc2c43)c1. The first-order valence-corrected chi connectivity index (χ1v) is 19.9. The summed E-state index contributed by atoms with van der Waals surface area (Å²) in [7, 11) is 0. The van der Waals surface area contributed by atoms with Crippen molar-refractivity contribution >= 4 is 57.2 Å². The van der Waals surface area contributed by atoms with Gasteiger partial charge in [-0.2, -0.15) is 0 Å². The van der Waals surface area contributed by atoms with Crippen LogP contribution in [0.25, 0.3) is 22.3 Å². The smallest absolute Gasteiger partial charge is 0.252 e. The highest BCUT2D eigenvalue weighted by Crippen LogP contribution is 2.63. The summed E-state index contributed by atoms with van der Waals surface area (Å²) in [5.74, 6) is 0. The zero-order valence-corrected chi connectivity index (χ0v) is 32.1. The molecule has 0 fully saturated rings. The molecule has 1 spiro atoms. The van der Waals surface area contributed by atoms with Gasteiger partial charge < -0.3 is 9.80 Å².